The van der Waals surface area contributed by atoms with Crippen LogP contribution in [0.3, 0.4) is 0 Å². The van der Waals surface area contributed by atoms with Gasteiger partial charge in [0, 0.05) is 6.54 Å². The van der Waals surface area contributed by atoms with Gasteiger partial charge in [-0.2, -0.15) is 0 Å². The average Bonchev–Trinajstić information content (AvgIpc) is 2.50. The van der Waals surface area contributed by atoms with Crippen molar-refractivity contribution >= 4 is 5.97 Å². The summed E-state index contributed by atoms with van der Waals surface area (Å²) in [5, 5.41) is 3.35. The van der Waals surface area contributed by atoms with Gasteiger partial charge in [0.05, 0.1) is 5.56 Å². The maximum atomic E-state index is 12.5. The van der Waals surface area contributed by atoms with Gasteiger partial charge in [-0.15, -0.1) is 0 Å². The van der Waals surface area contributed by atoms with Crippen LogP contribution in [-0.4, -0.2) is 18.6 Å². The highest BCUT2D eigenvalue weighted by Gasteiger charge is 2.28. The molecule has 1 aromatic rings. The summed E-state index contributed by atoms with van der Waals surface area (Å²) in [7, 11) is 0. The summed E-state index contributed by atoms with van der Waals surface area (Å²) >= 11 is 0. The van der Waals surface area contributed by atoms with Gasteiger partial charge in [0.15, 0.2) is 0 Å². The predicted octanol–water partition coefficient (Wildman–Crippen LogP) is 3.31. The second-order valence-corrected chi connectivity index (χ2v) is 6.66. The van der Waals surface area contributed by atoms with Gasteiger partial charge in [0.2, 0.25) is 0 Å². The minimum absolute atomic E-state index is 0.0984. The quantitative estimate of drug-likeness (QED) is 0.848. The third-order valence-corrected chi connectivity index (χ3v) is 5.18. The van der Waals surface area contributed by atoms with E-state index in [1.165, 1.54) is 11.1 Å². The predicted molar refractivity (Wildman–Crippen MR) is 83.2 cm³/mol. The van der Waals surface area contributed by atoms with Crippen molar-refractivity contribution in [2.75, 3.05) is 6.54 Å². The number of carbonyl (C=O) groups excluding carboxylic acids is 1. The monoisotopic (exact) mass is 287 g/mol. The number of hydrogen-bond acceptors (Lipinski definition) is 3. The molecule has 1 aliphatic carbocycles. The van der Waals surface area contributed by atoms with Crippen molar-refractivity contribution < 1.29 is 9.53 Å². The summed E-state index contributed by atoms with van der Waals surface area (Å²) in [6.45, 7) is 6.35. The van der Waals surface area contributed by atoms with E-state index in [4.69, 9.17) is 4.74 Å². The van der Waals surface area contributed by atoms with E-state index in [9.17, 15) is 4.79 Å². The SMILES string of the molecule is CC1CCC(OC(=O)c2cccc3c2CCNC3)CC1C. The Morgan fingerprint density at radius 1 is 1.24 bits per heavy atom. The molecule has 0 saturated heterocycles. The molecule has 1 aliphatic heterocycles. The molecule has 0 radical (unpaired) electrons. The molecule has 0 bridgehead atoms. The van der Waals surface area contributed by atoms with Crippen molar-refractivity contribution in [3.63, 3.8) is 0 Å². The van der Waals surface area contributed by atoms with Crippen molar-refractivity contribution in [3.05, 3.63) is 34.9 Å². The number of nitrogens with one attached hydrogen (secondary N) is 1. The smallest absolute Gasteiger partial charge is 0.338 e. The second kappa shape index (κ2) is 6.18. The van der Waals surface area contributed by atoms with Gasteiger partial charge in [-0.1, -0.05) is 26.0 Å². The number of hydrogen-bond donors (Lipinski definition) is 1. The van der Waals surface area contributed by atoms with Crippen LogP contribution >= 0.6 is 0 Å². The van der Waals surface area contributed by atoms with Crippen LogP contribution in [-0.2, 0) is 17.7 Å². The van der Waals surface area contributed by atoms with Gasteiger partial charge in [0.25, 0.3) is 0 Å². The zero-order valence-corrected chi connectivity index (χ0v) is 13.0. The maximum absolute atomic E-state index is 12.5. The van der Waals surface area contributed by atoms with Crippen molar-refractivity contribution in [3.8, 4) is 0 Å². The lowest BCUT2D eigenvalue weighted by Crippen LogP contribution is -2.30. The molecule has 0 aromatic heterocycles. The molecule has 3 rings (SSSR count). The van der Waals surface area contributed by atoms with Crippen LogP contribution in [0.25, 0.3) is 0 Å². The molecule has 1 heterocycles. The first kappa shape index (κ1) is 14.6. The molecule has 3 heteroatoms. The zero-order valence-electron chi connectivity index (χ0n) is 13.0. The Labute approximate surface area is 127 Å². The molecule has 3 unspecified atom stereocenters. The highest BCUT2D eigenvalue weighted by Crippen LogP contribution is 2.31. The van der Waals surface area contributed by atoms with E-state index < -0.39 is 0 Å². The molecule has 1 N–H and O–H groups in total. The number of esters is 1. The minimum atomic E-state index is -0.125. The van der Waals surface area contributed by atoms with E-state index in [-0.39, 0.29) is 12.1 Å². The lowest BCUT2D eigenvalue weighted by Gasteiger charge is -2.32. The Kier molecular flexibility index (Phi) is 4.29. The third kappa shape index (κ3) is 3.13. The zero-order chi connectivity index (χ0) is 14.8. The molecule has 114 valence electrons. The first-order valence-corrected chi connectivity index (χ1v) is 8.17. The van der Waals surface area contributed by atoms with Gasteiger partial charge in [-0.25, -0.2) is 4.79 Å². The second-order valence-electron chi connectivity index (χ2n) is 6.66. The van der Waals surface area contributed by atoms with Crippen LogP contribution in [0, 0.1) is 11.8 Å². The van der Waals surface area contributed by atoms with E-state index in [0.717, 1.165) is 50.3 Å². The molecule has 1 fully saturated rings. The highest BCUT2D eigenvalue weighted by molar-refractivity contribution is 5.91. The fourth-order valence-corrected chi connectivity index (χ4v) is 3.54. The lowest BCUT2D eigenvalue weighted by atomic mass is 9.80. The molecule has 2 aliphatic rings. The van der Waals surface area contributed by atoms with Crippen LogP contribution in [0.2, 0.25) is 0 Å². The summed E-state index contributed by atoms with van der Waals surface area (Å²) in [5.41, 5.74) is 3.19. The highest BCUT2D eigenvalue weighted by atomic mass is 16.5. The van der Waals surface area contributed by atoms with Crippen LogP contribution in [0.4, 0.5) is 0 Å². The standard InChI is InChI=1S/C18H25NO2/c1-12-6-7-15(10-13(12)2)21-18(20)17-5-3-4-14-11-19-9-8-16(14)17/h3-5,12-13,15,19H,6-11H2,1-2H3. The summed E-state index contributed by atoms with van der Waals surface area (Å²) in [6.07, 6.45) is 4.19. The molecule has 3 atom stereocenters. The van der Waals surface area contributed by atoms with Gasteiger partial charge >= 0.3 is 5.97 Å². The first-order chi connectivity index (χ1) is 10.1. The first-order valence-electron chi connectivity index (χ1n) is 8.17. The summed E-state index contributed by atoms with van der Waals surface area (Å²) in [5.74, 6) is 1.27. The Balaban J connectivity index is 1.71. The molecule has 1 saturated carbocycles. The molecule has 3 nitrogen and oxygen atoms in total. The largest absolute Gasteiger partial charge is 0.459 e. The fourth-order valence-electron chi connectivity index (χ4n) is 3.54. The minimum Gasteiger partial charge on any atom is -0.459 e. The number of benzene rings is 1. The van der Waals surface area contributed by atoms with Crippen molar-refractivity contribution in [1.82, 2.24) is 5.32 Å². The Bertz CT molecular complexity index is 526. The van der Waals surface area contributed by atoms with Crippen molar-refractivity contribution in [1.29, 1.82) is 0 Å². The van der Waals surface area contributed by atoms with Crippen LogP contribution in [0.5, 0.6) is 0 Å². The van der Waals surface area contributed by atoms with Crippen LogP contribution < -0.4 is 5.32 Å². The van der Waals surface area contributed by atoms with E-state index in [0.29, 0.717) is 5.92 Å². The van der Waals surface area contributed by atoms with Crippen LogP contribution in [0.15, 0.2) is 18.2 Å². The Morgan fingerprint density at radius 3 is 2.90 bits per heavy atom. The number of fused-ring (bicyclic) bond motifs is 1. The lowest BCUT2D eigenvalue weighted by molar-refractivity contribution is 0.00865. The third-order valence-electron chi connectivity index (χ3n) is 5.18. The average molecular weight is 287 g/mol. The Morgan fingerprint density at radius 2 is 2.10 bits per heavy atom. The van der Waals surface area contributed by atoms with Gasteiger partial charge in [-0.05, 0) is 61.3 Å². The van der Waals surface area contributed by atoms with Gasteiger partial charge in [-0.3, -0.25) is 0 Å². The van der Waals surface area contributed by atoms with Gasteiger partial charge in [0.1, 0.15) is 6.10 Å². The molecule has 0 spiro atoms. The Hall–Kier alpha value is -1.35. The summed E-state index contributed by atoms with van der Waals surface area (Å²) < 4.78 is 5.80. The van der Waals surface area contributed by atoms with E-state index in [1.807, 2.05) is 12.1 Å². The van der Waals surface area contributed by atoms with Crippen molar-refractivity contribution in [2.24, 2.45) is 11.8 Å². The van der Waals surface area contributed by atoms with Crippen molar-refractivity contribution in [2.45, 2.75) is 52.2 Å². The van der Waals surface area contributed by atoms with E-state index in [2.05, 4.69) is 25.2 Å². The fraction of sp³-hybridized carbons (Fsp3) is 0.611. The molecule has 1 aromatic carbocycles. The van der Waals surface area contributed by atoms with Crippen LogP contribution in [0.1, 0.15) is 54.6 Å². The number of rotatable bonds is 2. The van der Waals surface area contributed by atoms with E-state index in [1.54, 1.807) is 0 Å². The number of ether oxygens (including phenoxy) is 1. The maximum Gasteiger partial charge on any atom is 0.338 e. The molecular formula is C18H25NO2. The number of carbonyl (C=O) groups is 1. The van der Waals surface area contributed by atoms with E-state index >= 15 is 0 Å². The molecular weight excluding hydrogens is 262 g/mol. The molecule has 0 amide bonds. The topological polar surface area (TPSA) is 38.3 Å². The normalized spacial score (nSPS) is 28.8. The summed E-state index contributed by atoms with van der Waals surface area (Å²) in [6, 6.07) is 5.98. The van der Waals surface area contributed by atoms with Gasteiger partial charge < -0.3 is 10.1 Å². The summed E-state index contributed by atoms with van der Waals surface area (Å²) in [4.78, 5) is 12.5. The molecule has 21 heavy (non-hydrogen) atoms.